The first-order valence-corrected chi connectivity index (χ1v) is 5.86. The Balaban J connectivity index is 2.59. The number of aromatic hydroxyl groups is 1. The lowest BCUT2D eigenvalue weighted by Crippen LogP contribution is -1.97. The van der Waals surface area contributed by atoms with Crippen LogP contribution in [0.4, 0.5) is 0 Å². The number of carboxylic acids is 1. The van der Waals surface area contributed by atoms with E-state index in [2.05, 4.69) is 4.98 Å². The second kappa shape index (κ2) is 4.12. The van der Waals surface area contributed by atoms with E-state index in [1.165, 1.54) is 19.2 Å². The summed E-state index contributed by atoms with van der Waals surface area (Å²) in [5, 5.41) is 19.9. The fourth-order valence-electron chi connectivity index (χ4n) is 2.30. The van der Waals surface area contributed by atoms with Crippen molar-refractivity contribution >= 4 is 27.9 Å². The monoisotopic (exact) mass is 273 g/mol. The number of furan rings is 1. The molecular weight excluding hydrogens is 262 g/mol. The summed E-state index contributed by atoms with van der Waals surface area (Å²) < 4.78 is 10.8. The minimum Gasteiger partial charge on any atom is -0.493 e. The van der Waals surface area contributed by atoms with Gasteiger partial charge in [0.25, 0.3) is 0 Å². The number of carboxylic acid groups (broad SMARTS) is 1. The zero-order chi connectivity index (χ0) is 14.4. The predicted molar refractivity (Wildman–Crippen MR) is 71.4 cm³/mol. The first kappa shape index (κ1) is 12.3. The molecule has 2 N–H and O–H groups in total. The summed E-state index contributed by atoms with van der Waals surface area (Å²) in [6.07, 6.45) is 0. The molecule has 0 unspecified atom stereocenters. The number of nitrogens with zero attached hydrogens (tertiary/aromatic N) is 1. The minimum absolute atomic E-state index is 0.0282. The second-order valence-corrected chi connectivity index (χ2v) is 4.39. The number of carbonyl (C=O) groups is 1. The van der Waals surface area contributed by atoms with Crippen LogP contribution in [0.3, 0.4) is 0 Å². The van der Waals surface area contributed by atoms with Crippen molar-refractivity contribution in [3.05, 3.63) is 29.5 Å². The van der Waals surface area contributed by atoms with Crippen LogP contribution in [0.25, 0.3) is 21.9 Å². The average Bonchev–Trinajstić information content (AvgIpc) is 2.76. The molecule has 6 nitrogen and oxygen atoms in total. The summed E-state index contributed by atoms with van der Waals surface area (Å²) in [7, 11) is 1.46. The topological polar surface area (TPSA) is 92.8 Å². The maximum absolute atomic E-state index is 11.3. The molecule has 0 saturated carbocycles. The first-order valence-electron chi connectivity index (χ1n) is 5.86. The number of rotatable bonds is 2. The van der Waals surface area contributed by atoms with Crippen molar-refractivity contribution in [3.8, 4) is 11.6 Å². The van der Waals surface area contributed by atoms with Crippen LogP contribution in [0, 0.1) is 6.92 Å². The van der Waals surface area contributed by atoms with E-state index in [0.717, 1.165) is 0 Å². The largest absolute Gasteiger partial charge is 0.493 e. The van der Waals surface area contributed by atoms with Gasteiger partial charge in [-0.1, -0.05) is 0 Å². The number of benzene rings is 1. The number of aromatic carboxylic acids is 1. The summed E-state index contributed by atoms with van der Waals surface area (Å²) in [6.45, 7) is 1.71. The predicted octanol–water partition coefficient (Wildman–Crippen LogP) is 2.70. The van der Waals surface area contributed by atoms with Gasteiger partial charge in [-0.3, -0.25) is 0 Å². The van der Waals surface area contributed by atoms with Gasteiger partial charge in [0.1, 0.15) is 5.58 Å². The molecule has 6 heteroatoms. The normalized spacial score (nSPS) is 11.1. The van der Waals surface area contributed by atoms with E-state index in [1.54, 1.807) is 13.0 Å². The number of hydrogen-bond donors (Lipinski definition) is 2. The zero-order valence-electron chi connectivity index (χ0n) is 10.8. The highest BCUT2D eigenvalue weighted by Gasteiger charge is 2.22. The van der Waals surface area contributed by atoms with E-state index < -0.39 is 5.97 Å². The molecule has 0 radical (unpaired) electrons. The van der Waals surface area contributed by atoms with Gasteiger partial charge in [-0.25, -0.2) is 9.78 Å². The van der Waals surface area contributed by atoms with Crippen LogP contribution in [0.5, 0.6) is 11.6 Å². The SMILES string of the molecule is COc1ccc(C(=O)O)c2c1oc1cc(C)nc(O)c12. The van der Waals surface area contributed by atoms with Gasteiger partial charge < -0.3 is 19.4 Å². The standard InChI is InChI=1S/C14H11NO5/c1-6-5-9-11(13(16)15-6)10-7(14(17)18)3-4-8(19-2)12(10)20-9/h3-5H,1-2H3,(H,15,16)(H,17,18). The van der Waals surface area contributed by atoms with E-state index in [-0.39, 0.29) is 27.8 Å². The lowest BCUT2D eigenvalue weighted by molar-refractivity contribution is 0.0699. The maximum atomic E-state index is 11.3. The summed E-state index contributed by atoms with van der Waals surface area (Å²) >= 11 is 0. The molecule has 102 valence electrons. The van der Waals surface area contributed by atoms with Gasteiger partial charge >= 0.3 is 5.97 Å². The van der Waals surface area contributed by atoms with Crippen LogP contribution in [0.1, 0.15) is 16.1 Å². The number of hydrogen-bond acceptors (Lipinski definition) is 5. The third-order valence-electron chi connectivity index (χ3n) is 3.13. The van der Waals surface area contributed by atoms with Crippen LogP contribution >= 0.6 is 0 Å². The Kier molecular flexibility index (Phi) is 2.53. The van der Waals surface area contributed by atoms with Crippen molar-refractivity contribution in [2.45, 2.75) is 6.92 Å². The zero-order valence-corrected chi connectivity index (χ0v) is 10.8. The maximum Gasteiger partial charge on any atom is 0.336 e. The molecule has 2 aromatic heterocycles. The molecule has 20 heavy (non-hydrogen) atoms. The Morgan fingerprint density at radius 1 is 1.35 bits per heavy atom. The van der Waals surface area contributed by atoms with Crippen molar-refractivity contribution in [1.29, 1.82) is 0 Å². The van der Waals surface area contributed by atoms with E-state index in [4.69, 9.17) is 9.15 Å². The Morgan fingerprint density at radius 3 is 2.75 bits per heavy atom. The number of aromatic nitrogens is 1. The number of fused-ring (bicyclic) bond motifs is 3. The molecular formula is C14H11NO5. The molecule has 0 saturated heterocycles. The number of aryl methyl sites for hydroxylation is 1. The Bertz CT molecular complexity index is 850. The third kappa shape index (κ3) is 1.58. The summed E-state index contributed by atoms with van der Waals surface area (Å²) in [5.41, 5.74) is 1.26. The molecule has 0 aliphatic rings. The van der Waals surface area contributed by atoms with E-state index in [9.17, 15) is 15.0 Å². The summed E-state index contributed by atoms with van der Waals surface area (Å²) in [5.74, 6) is -0.965. The quantitative estimate of drug-likeness (QED) is 0.745. The minimum atomic E-state index is -1.11. The van der Waals surface area contributed by atoms with Crippen molar-refractivity contribution < 1.29 is 24.2 Å². The van der Waals surface area contributed by atoms with Crippen molar-refractivity contribution in [3.63, 3.8) is 0 Å². The van der Waals surface area contributed by atoms with Crippen molar-refractivity contribution in [2.24, 2.45) is 0 Å². The fraction of sp³-hybridized carbons (Fsp3) is 0.143. The molecule has 3 aromatic rings. The highest BCUT2D eigenvalue weighted by Crippen LogP contribution is 2.40. The van der Waals surface area contributed by atoms with E-state index in [1.807, 2.05) is 0 Å². The molecule has 0 fully saturated rings. The molecule has 0 amide bonds. The first-order chi connectivity index (χ1) is 9.52. The van der Waals surface area contributed by atoms with Gasteiger partial charge in [0.05, 0.1) is 23.4 Å². The van der Waals surface area contributed by atoms with E-state index in [0.29, 0.717) is 17.0 Å². The number of methoxy groups -OCH3 is 1. The molecule has 0 aliphatic heterocycles. The molecule has 3 rings (SSSR count). The van der Waals surface area contributed by atoms with Gasteiger partial charge in [0.15, 0.2) is 11.3 Å². The second-order valence-electron chi connectivity index (χ2n) is 4.39. The van der Waals surface area contributed by atoms with Gasteiger partial charge in [0.2, 0.25) is 5.88 Å². The van der Waals surface area contributed by atoms with Gasteiger partial charge in [-0.15, -0.1) is 0 Å². The van der Waals surface area contributed by atoms with Crippen LogP contribution < -0.4 is 4.74 Å². The highest BCUT2D eigenvalue weighted by molar-refractivity contribution is 6.17. The Labute approximate surface area is 113 Å². The third-order valence-corrected chi connectivity index (χ3v) is 3.13. The highest BCUT2D eigenvalue weighted by atomic mass is 16.5. The van der Waals surface area contributed by atoms with Gasteiger partial charge in [-0.2, -0.15) is 0 Å². The van der Waals surface area contributed by atoms with Crippen LogP contribution in [-0.4, -0.2) is 28.3 Å². The fourth-order valence-corrected chi connectivity index (χ4v) is 2.30. The lowest BCUT2D eigenvalue weighted by atomic mass is 10.1. The number of ether oxygens (including phenoxy) is 1. The average molecular weight is 273 g/mol. The molecule has 0 bridgehead atoms. The number of pyridine rings is 1. The Hall–Kier alpha value is -2.76. The summed E-state index contributed by atoms with van der Waals surface area (Å²) in [6, 6.07) is 4.57. The lowest BCUT2D eigenvalue weighted by Gasteiger charge is -2.03. The van der Waals surface area contributed by atoms with Gasteiger partial charge in [-0.05, 0) is 19.1 Å². The van der Waals surface area contributed by atoms with Crippen molar-refractivity contribution in [1.82, 2.24) is 4.98 Å². The molecule has 2 heterocycles. The molecule has 0 aliphatic carbocycles. The molecule has 0 atom stereocenters. The van der Waals surface area contributed by atoms with E-state index >= 15 is 0 Å². The Morgan fingerprint density at radius 2 is 2.10 bits per heavy atom. The van der Waals surface area contributed by atoms with Gasteiger partial charge in [0, 0.05) is 11.8 Å². The van der Waals surface area contributed by atoms with Crippen LogP contribution in [-0.2, 0) is 0 Å². The summed E-state index contributed by atoms with van der Waals surface area (Å²) in [4.78, 5) is 15.3. The van der Waals surface area contributed by atoms with Crippen LogP contribution in [0.15, 0.2) is 22.6 Å². The van der Waals surface area contributed by atoms with Crippen LogP contribution in [0.2, 0.25) is 0 Å². The molecule has 0 spiro atoms. The smallest absolute Gasteiger partial charge is 0.336 e. The van der Waals surface area contributed by atoms with Crippen molar-refractivity contribution in [2.75, 3.05) is 7.11 Å². The molecule has 1 aromatic carbocycles.